The number of nitrogens with one attached hydrogen (secondary N) is 1. The fourth-order valence-electron chi connectivity index (χ4n) is 1.79. The SMILES string of the molecule is CCCCCN(CCO)C(=O)Nc1cnc(CC)nc1. The van der Waals surface area contributed by atoms with E-state index in [1.54, 1.807) is 17.3 Å². The molecule has 0 fully saturated rings. The first-order chi connectivity index (χ1) is 9.71. The molecule has 0 aliphatic heterocycles. The highest BCUT2D eigenvalue weighted by atomic mass is 16.3. The summed E-state index contributed by atoms with van der Waals surface area (Å²) in [5.74, 6) is 0.748. The Morgan fingerprint density at radius 3 is 2.50 bits per heavy atom. The molecule has 0 spiro atoms. The van der Waals surface area contributed by atoms with E-state index >= 15 is 0 Å². The molecule has 0 saturated carbocycles. The van der Waals surface area contributed by atoms with Crippen LogP contribution in [0.3, 0.4) is 0 Å². The monoisotopic (exact) mass is 280 g/mol. The van der Waals surface area contributed by atoms with Crippen molar-refractivity contribution in [2.45, 2.75) is 39.5 Å². The van der Waals surface area contributed by atoms with Gasteiger partial charge in [0.05, 0.1) is 24.7 Å². The zero-order valence-corrected chi connectivity index (χ0v) is 12.3. The highest BCUT2D eigenvalue weighted by molar-refractivity contribution is 5.88. The van der Waals surface area contributed by atoms with Crippen LogP contribution in [0.4, 0.5) is 10.5 Å². The van der Waals surface area contributed by atoms with Gasteiger partial charge in [0.25, 0.3) is 0 Å². The van der Waals surface area contributed by atoms with Crippen LogP contribution < -0.4 is 5.32 Å². The van der Waals surface area contributed by atoms with Crippen LogP contribution in [0.5, 0.6) is 0 Å². The summed E-state index contributed by atoms with van der Waals surface area (Å²) < 4.78 is 0. The van der Waals surface area contributed by atoms with E-state index in [4.69, 9.17) is 5.11 Å². The van der Waals surface area contributed by atoms with Crippen molar-refractivity contribution in [2.24, 2.45) is 0 Å². The van der Waals surface area contributed by atoms with Crippen molar-refractivity contribution in [2.75, 3.05) is 25.0 Å². The topological polar surface area (TPSA) is 78.4 Å². The van der Waals surface area contributed by atoms with Gasteiger partial charge in [0.1, 0.15) is 5.82 Å². The van der Waals surface area contributed by atoms with Gasteiger partial charge in [-0.3, -0.25) is 0 Å². The van der Waals surface area contributed by atoms with Crippen molar-refractivity contribution in [3.63, 3.8) is 0 Å². The molecule has 1 aromatic heterocycles. The lowest BCUT2D eigenvalue weighted by atomic mass is 10.2. The van der Waals surface area contributed by atoms with E-state index in [1.807, 2.05) is 6.92 Å². The number of hydrogen-bond donors (Lipinski definition) is 2. The fraction of sp³-hybridized carbons (Fsp3) is 0.643. The van der Waals surface area contributed by atoms with Crippen LogP contribution in [-0.2, 0) is 6.42 Å². The maximum absolute atomic E-state index is 12.1. The average molecular weight is 280 g/mol. The number of amides is 2. The summed E-state index contributed by atoms with van der Waals surface area (Å²) in [5, 5.41) is 11.8. The van der Waals surface area contributed by atoms with Crippen molar-refractivity contribution in [1.29, 1.82) is 0 Å². The maximum atomic E-state index is 12.1. The Kier molecular flexibility index (Phi) is 7.57. The average Bonchev–Trinajstić information content (AvgIpc) is 2.47. The first-order valence-electron chi connectivity index (χ1n) is 7.19. The normalized spacial score (nSPS) is 10.3. The van der Waals surface area contributed by atoms with Crippen molar-refractivity contribution < 1.29 is 9.90 Å². The molecule has 0 saturated heterocycles. The molecule has 1 heterocycles. The molecule has 2 amide bonds. The molecule has 6 heteroatoms. The highest BCUT2D eigenvalue weighted by Crippen LogP contribution is 2.06. The molecule has 0 atom stereocenters. The third kappa shape index (κ3) is 5.52. The van der Waals surface area contributed by atoms with Gasteiger partial charge >= 0.3 is 6.03 Å². The molecule has 0 bridgehead atoms. The van der Waals surface area contributed by atoms with Gasteiger partial charge in [0, 0.05) is 19.5 Å². The Balaban J connectivity index is 2.54. The number of aliphatic hydroxyl groups excluding tert-OH is 1. The molecule has 0 unspecified atom stereocenters. The van der Waals surface area contributed by atoms with E-state index in [-0.39, 0.29) is 12.6 Å². The van der Waals surface area contributed by atoms with Gasteiger partial charge in [-0.05, 0) is 6.42 Å². The highest BCUT2D eigenvalue weighted by Gasteiger charge is 2.12. The standard InChI is InChI=1S/C14H24N4O2/c1-3-5-6-7-18(8-9-19)14(20)17-12-10-15-13(4-2)16-11-12/h10-11,19H,3-9H2,1-2H3,(H,17,20). The number of aromatic nitrogens is 2. The first kappa shape index (κ1) is 16.4. The minimum absolute atomic E-state index is 0.0369. The summed E-state index contributed by atoms with van der Waals surface area (Å²) in [7, 11) is 0. The summed E-state index contributed by atoms with van der Waals surface area (Å²) in [5.41, 5.74) is 0.575. The number of anilines is 1. The number of carbonyl (C=O) groups is 1. The fourth-order valence-corrected chi connectivity index (χ4v) is 1.79. The molecule has 0 aliphatic rings. The molecular weight excluding hydrogens is 256 g/mol. The van der Waals surface area contributed by atoms with Gasteiger partial charge < -0.3 is 15.3 Å². The molecule has 2 N–H and O–H groups in total. The number of aryl methyl sites for hydroxylation is 1. The van der Waals surface area contributed by atoms with Crippen LogP contribution >= 0.6 is 0 Å². The lowest BCUT2D eigenvalue weighted by Crippen LogP contribution is -2.37. The zero-order chi connectivity index (χ0) is 14.8. The van der Waals surface area contributed by atoms with E-state index < -0.39 is 0 Å². The third-order valence-electron chi connectivity index (χ3n) is 2.96. The summed E-state index contributed by atoms with van der Waals surface area (Å²) in [6, 6.07) is -0.219. The first-order valence-corrected chi connectivity index (χ1v) is 7.19. The largest absolute Gasteiger partial charge is 0.395 e. The Bertz CT molecular complexity index is 395. The van der Waals surface area contributed by atoms with E-state index in [0.717, 1.165) is 31.5 Å². The minimum atomic E-state index is -0.219. The van der Waals surface area contributed by atoms with Crippen molar-refractivity contribution in [3.05, 3.63) is 18.2 Å². The predicted molar refractivity (Wildman–Crippen MR) is 78.6 cm³/mol. The van der Waals surface area contributed by atoms with Crippen LogP contribution in [-0.4, -0.2) is 45.7 Å². The molecule has 6 nitrogen and oxygen atoms in total. The maximum Gasteiger partial charge on any atom is 0.322 e. The Hall–Kier alpha value is -1.69. The predicted octanol–water partition coefficient (Wildman–Crippen LogP) is 2.06. The summed E-state index contributed by atoms with van der Waals surface area (Å²) >= 11 is 0. The van der Waals surface area contributed by atoms with Gasteiger partial charge in [-0.25, -0.2) is 14.8 Å². The minimum Gasteiger partial charge on any atom is -0.395 e. The number of unbranched alkanes of at least 4 members (excludes halogenated alkanes) is 2. The van der Waals surface area contributed by atoms with Crippen molar-refractivity contribution >= 4 is 11.7 Å². The molecular formula is C14H24N4O2. The van der Waals surface area contributed by atoms with Gasteiger partial charge in [-0.15, -0.1) is 0 Å². The molecule has 0 aliphatic carbocycles. The smallest absolute Gasteiger partial charge is 0.322 e. The molecule has 20 heavy (non-hydrogen) atoms. The van der Waals surface area contributed by atoms with Crippen LogP contribution in [0.2, 0.25) is 0 Å². The second-order valence-electron chi connectivity index (χ2n) is 4.59. The molecule has 1 rings (SSSR count). The quantitative estimate of drug-likeness (QED) is 0.714. The van der Waals surface area contributed by atoms with Gasteiger partial charge in [-0.2, -0.15) is 0 Å². The van der Waals surface area contributed by atoms with E-state index in [0.29, 0.717) is 18.8 Å². The van der Waals surface area contributed by atoms with E-state index in [2.05, 4.69) is 22.2 Å². The third-order valence-corrected chi connectivity index (χ3v) is 2.96. The lowest BCUT2D eigenvalue weighted by Gasteiger charge is -2.22. The second kappa shape index (κ2) is 9.25. The Labute approximate surface area is 120 Å². The van der Waals surface area contributed by atoms with Crippen LogP contribution in [0, 0.1) is 0 Å². The zero-order valence-electron chi connectivity index (χ0n) is 12.3. The lowest BCUT2D eigenvalue weighted by molar-refractivity contribution is 0.187. The number of carbonyl (C=O) groups excluding carboxylic acids is 1. The number of nitrogens with zero attached hydrogens (tertiary/aromatic N) is 3. The van der Waals surface area contributed by atoms with Gasteiger partial charge in [-0.1, -0.05) is 26.7 Å². The van der Waals surface area contributed by atoms with Crippen LogP contribution in [0.15, 0.2) is 12.4 Å². The molecule has 0 radical (unpaired) electrons. The van der Waals surface area contributed by atoms with E-state index in [1.165, 1.54) is 0 Å². The number of urea groups is 1. The second-order valence-corrected chi connectivity index (χ2v) is 4.59. The van der Waals surface area contributed by atoms with E-state index in [9.17, 15) is 4.79 Å². The van der Waals surface area contributed by atoms with Crippen LogP contribution in [0.1, 0.15) is 38.9 Å². The van der Waals surface area contributed by atoms with Crippen LogP contribution in [0.25, 0.3) is 0 Å². The van der Waals surface area contributed by atoms with Gasteiger partial charge in [0.15, 0.2) is 0 Å². The van der Waals surface area contributed by atoms with Crippen molar-refractivity contribution in [1.82, 2.24) is 14.9 Å². The number of rotatable bonds is 8. The summed E-state index contributed by atoms with van der Waals surface area (Å²) in [6.07, 6.45) is 7.08. The summed E-state index contributed by atoms with van der Waals surface area (Å²) in [4.78, 5) is 22.0. The number of aliphatic hydroxyl groups is 1. The van der Waals surface area contributed by atoms with Gasteiger partial charge in [0.2, 0.25) is 0 Å². The van der Waals surface area contributed by atoms with Crippen molar-refractivity contribution in [3.8, 4) is 0 Å². The Morgan fingerprint density at radius 1 is 1.25 bits per heavy atom. The number of hydrogen-bond acceptors (Lipinski definition) is 4. The summed E-state index contributed by atoms with van der Waals surface area (Å²) in [6.45, 7) is 5.04. The molecule has 0 aromatic carbocycles. The molecule has 1 aromatic rings. The molecule has 112 valence electrons. The Morgan fingerprint density at radius 2 is 1.95 bits per heavy atom.